The lowest BCUT2D eigenvalue weighted by atomic mass is 9.90. The van der Waals surface area contributed by atoms with Crippen LogP contribution in [-0.2, 0) is 6.42 Å². The minimum atomic E-state index is 0.773. The molecule has 3 heteroatoms. The number of aryl methyl sites for hydroxylation is 1. The van der Waals surface area contributed by atoms with Gasteiger partial charge in [-0.1, -0.05) is 48.5 Å². The van der Waals surface area contributed by atoms with E-state index in [-0.39, 0.29) is 0 Å². The number of methoxy groups -OCH3 is 1. The quantitative estimate of drug-likeness (QED) is 0.388. The lowest BCUT2D eigenvalue weighted by Crippen LogP contribution is -2.18. The number of benzene rings is 4. The van der Waals surface area contributed by atoms with Gasteiger partial charge in [-0.25, -0.2) is 0 Å². The second-order valence-electron chi connectivity index (χ2n) is 7.28. The molecular formula is C26H24N2O. The number of rotatable bonds is 6. The maximum Gasteiger partial charge on any atom is 0.119 e. The van der Waals surface area contributed by atoms with E-state index in [0.717, 1.165) is 41.5 Å². The average Bonchev–Trinajstić information content (AvgIpc) is 2.78. The van der Waals surface area contributed by atoms with Crippen molar-refractivity contribution in [2.75, 3.05) is 25.6 Å². The van der Waals surface area contributed by atoms with Crippen molar-refractivity contribution in [2.45, 2.75) is 12.8 Å². The molecule has 3 nitrogen and oxygen atoms in total. The first-order chi connectivity index (χ1) is 14.2. The summed E-state index contributed by atoms with van der Waals surface area (Å²) in [5.74, 6) is 0.873. The summed E-state index contributed by atoms with van der Waals surface area (Å²) in [7, 11) is 3.81. The van der Waals surface area contributed by atoms with Crippen LogP contribution in [0.4, 0.5) is 5.69 Å². The highest BCUT2D eigenvalue weighted by atomic mass is 16.5. The number of hydrogen-bond donors (Lipinski definition) is 0. The molecule has 0 radical (unpaired) electrons. The normalized spacial score (nSPS) is 10.8. The maximum atomic E-state index is 9.77. The van der Waals surface area contributed by atoms with E-state index in [1.54, 1.807) is 7.11 Å². The van der Waals surface area contributed by atoms with Gasteiger partial charge < -0.3 is 9.64 Å². The van der Waals surface area contributed by atoms with Gasteiger partial charge in [-0.3, -0.25) is 0 Å². The third-order valence-electron chi connectivity index (χ3n) is 5.59. The predicted molar refractivity (Wildman–Crippen MR) is 121 cm³/mol. The summed E-state index contributed by atoms with van der Waals surface area (Å²) in [6.45, 7) is 0.953. The Morgan fingerprint density at radius 3 is 1.90 bits per heavy atom. The number of fused-ring (bicyclic) bond motifs is 2. The third-order valence-corrected chi connectivity index (χ3v) is 5.59. The van der Waals surface area contributed by atoms with Gasteiger partial charge in [0.2, 0.25) is 0 Å². The molecule has 0 aliphatic carbocycles. The summed E-state index contributed by atoms with van der Waals surface area (Å²) < 4.78 is 5.25. The van der Waals surface area contributed by atoms with E-state index in [2.05, 4.69) is 66.5 Å². The van der Waals surface area contributed by atoms with Crippen molar-refractivity contribution in [3.8, 4) is 11.8 Å². The maximum absolute atomic E-state index is 9.77. The van der Waals surface area contributed by atoms with Crippen LogP contribution in [-0.4, -0.2) is 20.7 Å². The van der Waals surface area contributed by atoms with Gasteiger partial charge in [0.15, 0.2) is 0 Å². The van der Waals surface area contributed by atoms with Gasteiger partial charge in [0.05, 0.1) is 12.7 Å². The van der Waals surface area contributed by atoms with Crippen LogP contribution in [0.25, 0.3) is 21.5 Å². The van der Waals surface area contributed by atoms with E-state index in [1.807, 2.05) is 24.3 Å². The third kappa shape index (κ3) is 3.62. The highest BCUT2D eigenvalue weighted by molar-refractivity contribution is 6.07. The Morgan fingerprint density at radius 1 is 0.828 bits per heavy atom. The second kappa shape index (κ2) is 8.24. The van der Waals surface area contributed by atoms with Crippen LogP contribution in [0, 0.1) is 11.3 Å². The molecule has 0 bridgehead atoms. The van der Waals surface area contributed by atoms with Gasteiger partial charge in [-0.15, -0.1) is 0 Å². The fourth-order valence-electron chi connectivity index (χ4n) is 4.07. The largest absolute Gasteiger partial charge is 0.497 e. The molecular weight excluding hydrogens is 356 g/mol. The molecule has 0 atom stereocenters. The summed E-state index contributed by atoms with van der Waals surface area (Å²) in [5.41, 5.74) is 3.29. The van der Waals surface area contributed by atoms with E-state index in [9.17, 15) is 5.26 Å². The molecule has 29 heavy (non-hydrogen) atoms. The topological polar surface area (TPSA) is 36.3 Å². The van der Waals surface area contributed by atoms with Crippen LogP contribution in [0.2, 0.25) is 0 Å². The van der Waals surface area contributed by atoms with Crippen LogP contribution in [0.5, 0.6) is 5.75 Å². The minimum absolute atomic E-state index is 0.773. The Bertz CT molecular complexity index is 1130. The Hall–Kier alpha value is -3.51. The first kappa shape index (κ1) is 18.8. The number of ether oxygens (including phenoxy) is 1. The number of anilines is 1. The van der Waals surface area contributed by atoms with Crippen LogP contribution in [0.1, 0.15) is 17.5 Å². The highest BCUT2D eigenvalue weighted by Gasteiger charge is 2.13. The van der Waals surface area contributed by atoms with Gasteiger partial charge in [0.1, 0.15) is 11.8 Å². The Morgan fingerprint density at radius 2 is 1.38 bits per heavy atom. The van der Waals surface area contributed by atoms with Crippen molar-refractivity contribution in [1.29, 1.82) is 5.26 Å². The molecule has 4 rings (SSSR count). The molecule has 4 aromatic carbocycles. The molecule has 0 heterocycles. The molecule has 0 fully saturated rings. The van der Waals surface area contributed by atoms with Crippen molar-refractivity contribution in [1.82, 2.24) is 0 Å². The van der Waals surface area contributed by atoms with Crippen molar-refractivity contribution < 1.29 is 4.74 Å². The molecule has 0 aliphatic heterocycles. The fraction of sp³-hybridized carbons (Fsp3) is 0.192. The number of nitriles is 1. The van der Waals surface area contributed by atoms with Crippen molar-refractivity contribution in [2.24, 2.45) is 0 Å². The lowest BCUT2D eigenvalue weighted by molar-refractivity contribution is 0.415. The molecule has 0 saturated carbocycles. The standard InChI is InChI=1S/C26H24N2O/c1-28(19-13-15-20(29-2)16-14-19)17-7-12-23-21-8-3-5-10-24(21)26(18-27)25-11-6-4-9-22(23)25/h3-6,8-11,13-16H,7,12,17H2,1-2H3. The zero-order chi connectivity index (χ0) is 20.2. The molecule has 4 aromatic rings. The molecule has 0 unspecified atom stereocenters. The molecule has 0 spiro atoms. The van der Waals surface area contributed by atoms with Gasteiger partial charge in [0, 0.05) is 30.1 Å². The SMILES string of the molecule is COc1ccc(N(C)CCCc2c3ccccc3c(C#N)c3ccccc23)cc1. The van der Waals surface area contributed by atoms with Gasteiger partial charge in [-0.2, -0.15) is 5.26 Å². The van der Waals surface area contributed by atoms with Crippen LogP contribution >= 0.6 is 0 Å². The van der Waals surface area contributed by atoms with E-state index in [4.69, 9.17) is 4.74 Å². The first-order valence-electron chi connectivity index (χ1n) is 9.90. The number of nitrogens with zero attached hydrogens (tertiary/aromatic N) is 2. The molecule has 0 saturated heterocycles. The number of hydrogen-bond acceptors (Lipinski definition) is 3. The molecule has 0 N–H and O–H groups in total. The second-order valence-corrected chi connectivity index (χ2v) is 7.28. The first-order valence-corrected chi connectivity index (χ1v) is 9.90. The average molecular weight is 380 g/mol. The summed E-state index contributed by atoms with van der Waals surface area (Å²) in [4.78, 5) is 2.27. The van der Waals surface area contributed by atoms with Crippen molar-refractivity contribution in [3.63, 3.8) is 0 Å². The van der Waals surface area contributed by atoms with Gasteiger partial charge in [-0.05, 0) is 53.4 Å². The monoisotopic (exact) mass is 380 g/mol. The van der Waals surface area contributed by atoms with Crippen LogP contribution < -0.4 is 9.64 Å². The summed E-state index contributed by atoms with van der Waals surface area (Å²) in [6.07, 6.45) is 2.00. The molecule has 0 amide bonds. The molecule has 0 aliphatic rings. The van der Waals surface area contributed by atoms with E-state index in [0.29, 0.717) is 0 Å². The Kier molecular flexibility index (Phi) is 5.35. The zero-order valence-corrected chi connectivity index (χ0v) is 16.9. The van der Waals surface area contributed by atoms with E-state index < -0.39 is 0 Å². The van der Waals surface area contributed by atoms with Crippen molar-refractivity contribution in [3.05, 3.63) is 83.9 Å². The Labute approximate surface area is 171 Å². The summed E-state index contributed by atoms with van der Waals surface area (Å²) in [5, 5.41) is 14.2. The fourth-order valence-corrected chi connectivity index (χ4v) is 4.07. The Balaban J connectivity index is 1.63. The van der Waals surface area contributed by atoms with Gasteiger partial charge >= 0.3 is 0 Å². The van der Waals surface area contributed by atoms with E-state index in [1.165, 1.54) is 22.0 Å². The minimum Gasteiger partial charge on any atom is -0.497 e. The molecule has 0 aromatic heterocycles. The molecule has 144 valence electrons. The highest BCUT2D eigenvalue weighted by Crippen LogP contribution is 2.33. The van der Waals surface area contributed by atoms with Crippen LogP contribution in [0.15, 0.2) is 72.8 Å². The lowest BCUT2D eigenvalue weighted by Gasteiger charge is -2.20. The van der Waals surface area contributed by atoms with Crippen LogP contribution in [0.3, 0.4) is 0 Å². The summed E-state index contributed by atoms with van der Waals surface area (Å²) in [6, 6.07) is 27.2. The van der Waals surface area contributed by atoms with Gasteiger partial charge in [0.25, 0.3) is 0 Å². The van der Waals surface area contributed by atoms with E-state index >= 15 is 0 Å². The summed E-state index contributed by atoms with van der Waals surface area (Å²) >= 11 is 0. The predicted octanol–water partition coefficient (Wildman–Crippen LogP) is 5.94. The zero-order valence-electron chi connectivity index (χ0n) is 16.9. The smallest absolute Gasteiger partial charge is 0.119 e. The van der Waals surface area contributed by atoms with Crippen molar-refractivity contribution >= 4 is 27.2 Å².